The number of hydrogen-bond donors (Lipinski definition) is 1. The number of pyridine rings is 1. The minimum absolute atomic E-state index is 0.0387. The number of carboxylic acid groups (broad SMARTS) is 1. The van der Waals surface area contributed by atoms with Crippen molar-refractivity contribution in [1.82, 2.24) is 4.98 Å². The maximum atomic E-state index is 12.9. The zero-order valence-corrected chi connectivity index (χ0v) is 20.9. The van der Waals surface area contributed by atoms with Crippen LogP contribution in [-0.2, 0) is 21.0 Å². The molecule has 2 heterocycles. The van der Waals surface area contributed by atoms with Gasteiger partial charge in [0.25, 0.3) is 5.09 Å². The van der Waals surface area contributed by atoms with E-state index in [0.29, 0.717) is 16.3 Å². The molecule has 5 unspecified atom stereocenters. The third-order valence-electron chi connectivity index (χ3n) is 9.29. The van der Waals surface area contributed by atoms with Crippen LogP contribution in [0.25, 0.3) is 0 Å². The molecule has 0 radical (unpaired) electrons. The van der Waals surface area contributed by atoms with Crippen LogP contribution >= 0.6 is 11.6 Å². The number of fused-ring (bicyclic) bond motifs is 3. The van der Waals surface area contributed by atoms with E-state index in [0.717, 1.165) is 29.5 Å². The van der Waals surface area contributed by atoms with Crippen molar-refractivity contribution in [2.24, 2.45) is 22.7 Å². The fraction of sp³-hybridized carbons (Fsp3) is 0.538. The second-order valence-electron chi connectivity index (χ2n) is 10.9. The van der Waals surface area contributed by atoms with Crippen LogP contribution in [0.3, 0.4) is 0 Å². The quantitative estimate of drug-likeness (QED) is 0.412. The molecule has 2 saturated carbocycles. The average Bonchev–Trinajstić information content (AvgIpc) is 3.35. The molecular weight excluding hydrogens is 472 g/mol. The summed E-state index contributed by atoms with van der Waals surface area (Å²) in [5, 5.41) is 22.0. The van der Waals surface area contributed by atoms with Crippen LogP contribution in [0.1, 0.15) is 73.6 Å². The van der Waals surface area contributed by atoms with E-state index in [-0.39, 0.29) is 24.0 Å². The van der Waals surface area contributed by atoms with Crippen LogP contribution < -0.4 is 0 Å². The molecular formula is C26H29ClN2O6. The Bertz CT molecular complexity index is 1200. The van der Waals surface area contributed by atoms with Gasteiger partial charge in [-0.15, -0.1) is 10.1 Å². The second kappa shape index (κ2) is 8.17. The molecule has 1 aromatic carbocycles. The van der Waals surface area contributed by atoms with E-state index in [4.69, 9.17) is 21.2 Å². The smallest absolute Gasteiger partial charge is 0.311 e. The van der Waals surface area contributed by atoms with E-state index < -0.39 is 34.4 Å². The molecule has 0 spiro atoms. The lowest BCUT2D eigenvalue weighted by Gasteiger charge is -2.39. The zero-order chi connectivity index (χ0) is 25.3. The summed E-state index contributed by atoms with van der Waals surface area (Å²) in [6, 6.07) is 7.35. The Morgan fingerprint density at radius 2 is 2.00 bits per heavy atom. The second-order valence-corrected chi connectivity index (χ2v) is 11.3. The maximum absolute atomic E-state index is 12.9. The molecule has 8 nitrogen and oxygen atoms in total. The zero-order valence-electron chi connectivity index (χ0n) is 20.2. The van der Waals surface area contributed by atoms with Crippen LogP contribution in [0.15, 0.2) is 30.5 Å². The summed E-state index contributed by atoms with van der Waals surface area (Å²) in [6.45, 7) is 8.20. The molecule has 1 aromatic heterocycles. The number of carboxylic acids is 1. The van der Waals surface area contributed by atoms with Gasteiger partial charge in [0, 0.05) is 28.4 Å². The fourth-order valence-electron chi connectivity index (χ4n) is 7.20. The first-order chi connectivity index (χ1) is 16.5. The van der Waals surface area contributed by atoms with Crippen molar-refractivity contribution in [2.75, 3.05) is 0 Å². The van der Waals surface area contributed by atoms with Crippen LogP contribution in [0.2, 0.25) is 5.02 Å². The molecule has 0 saturated heterocycles. The van der Waals surface area contributed by atoms with E-state index in [1.54, 1.807) is 25.3 Å². The van der Waals surface area contributed by atoms with Crippen LogP contribution in [-0.4, -0.2) is 27.3 Å². The van der Waals surface area contributed by atoms with Crippen molar-refractivity contribution in [3.8, 4) is 0 Å². The van der Waals surface area contributed by atoms with Gasteiger partial charge in [0.1, 0.15) is 12.2 Å². The number of ether oxygens (including phenoxy) is 1. The van der Waals surface area contributed by atoms with Crippen molar-refractivity contribution in [3.63, 3.8) is 0 Å². The fourth-order valence-corrected chi connectivity index (χ4v) is 7.33. The highest BCUT2D eigenvalue weighted by atomic mass is 35.5. The highest BCUT2D eigenvalue weighted by molar-refractivity contribution is 6.30. The molecule has 2 fully saturated rings. The molecule has 1 aliphatic heterocycles. The van der Waals surface area contributed by atoms with Gasteiger partial charge in [-0.25, -0.2) is 0 Å². The number of hydrogen-bond acceptors (Lipinski definition) is 6. The number of halogens is 1. The van der Waals surface area contributed by atoms with Gasteiger partial charge in [-0.05, 0) is 65.3 Å². The molecule has 6 atom stereocenters. The van der Waals surface area contributed by atoms with E-state index in [1.165, 1.54) is 0 Å². The Balaban J connectivity index is 1.64. The summed E-state index contributed by atoms with van der Waals surface area (Å²) in [6.07, 6.45) is 2.11. The monoisotopic (exact) mass is 500 g/mol. The SMILES string of the molecule is Cc1ncc2c(c1C(C(=O)O)C1C3CCC(C)(C1O[N+](=O)[O-])C3(C)C)CO[C@H]2c1ccc(Cl)cc1. The number of nitrogens with zero attached hydrogens (tertiary/aromatic N) is 2. The van der Waals surface area contributed by atoms with Gasteiger partial charge in [-0.1, -0.05) is 44.5 Å². The molecule has 2 bridgehead atoms. The van der Waals surface area contributed by atoms with E-state index in [1.807, 2.05) is 19.1 Å². The van der Waals surface area contributed by atoms with Gasteiger partial charge in [0.15, 0.2) is 0 Å². The highest BCUT2D eigenvalue weighted by Gasteiger charge is 2.70. The summed E-state index contributed by atoms with van der Waals surface area (Å²) in [7, 11) is 0. The number of aliphatic carboxylic acids is 1. The number of rotatable bonds is 6. The lowest BCUT2D eigenvalue weighted by molar-refractivity contribution is -0.774. The molecule has 35 heavy (non-hydrogen) atoms. The summed E-state index contributed by atoms with van der Waals surface area (Å²) < 4.78 is 6.14. The van der Waals surface area contributed by atoms with Crippen molar-refractivity contribution in [1.29, 1.82) is 0 Å². The summed E-state index contributed by atoms with van der Waals surface area (Å²) in [4.78, 5) is 34.4. The summed E-state index contributed by atoms with van der Waals surface area (Å²) in [5.41, 5.74) is 2.90. The average molecular weight is 501 g/mol. The Morgan fingerprint density at radius 1 is 1.31 bits per heavy atom. The normalized spacial score (nSPS) is 31.2. The van der Waals surface area contributed by atoms with Crippen molar-refractivity contribution >= 4 is 17.6 Å². The van der Waals surface area contributed by atoms with Gasteiger partial charge < -0.3 is 14.7 Å². The number of carbonyl (C=O) groups is 1. The van der Waals surface area contributed by atoms with E-state index >= 15 is 0 Å². The third-order valence-corrected chi connectivity index (χ3v) is 9.54. The van der Waals surface area contributed by atoms with Crippen LogP contribution in [0, 0.1) is 39.7 Å². The lowest BCUT2D eigenvalue weighted by Crippen LogP contribution is -2.44. The minimum atomic E-state index is -1.02. The topological polar surface area (TPSA) is 112 Å². The first kappa shape index (κ1) is 24.0. The predicted molar refractivity (Wildman–Crippen MR) is 127 cm³/mol. The standard InChI is InChI=1S/C26H29ClN2O6/c1-13-19(17-12-34-22(16(17)11-28-13)14-5-7-15(27)8-6-14)21(24(30)31)20-18-9-10-26(4,25(18,2)3)23(20)35-29(32)33/h5-8,11,18,20-23H,9-10,12H2,1-4H3,(H,30,31)/t18?,20?,21?,22-,23?,26?/m0/s1. The third kappa shape index (κ3) is 3.44. The molecule has 3 aliphatic rings. The largest absolute Gasteiger partial charge is 0.481 e. The Kier molecular flexibility index (Phi) is 5.60. The highest BCUT2D eigenvalue weighted by Crippen LogP contribution is 2.71. The first-order valence-corrected chi connectivity index (χ1v) is 12.2. The number of benzene rings is 1. The molecule has 2 aromatic rings. The Morgan fingerprint density at radius 3 is 2.63 bits per heavy atom. The van der Waals surface area contributed by atoms with Crippen molar-refractivity contribution in [2.45, 2.75) is 65.3 Å². The van der Waals surface area contributed by atoms with Gasteiger partial charge >= 0.3 is 5.97 Å². The minimum Gasteiger partial charge on any atom is -0.481 e. The summed E-state index contributed by atoms with van der Waals surface area (Å²) in [5.74, 6) is -2.62. The molecule has 9 heteroatoms. The maximum Gasteiger partial charge on any atom is 0.311 e. The Labute approximate surface area is 208 Å². The van der Waals surface area contributed by atoms with Crippen molar-refractivity contribution in [3.05, 3.63) is 73.5 Å². The first-order valence-electron chi connectivity index (χ1n) is 11.9. The van der Waals surface area contributed by atoms with E-state index in [2.05, 4.69) is 18.8 Å². The predicted octanol–water partition coefficient (Wildman–Crippen LogP) is 5.48. The van der Waals surface area contributed by atoms with Crippen LogP contribution in [0.5, 0.6) is 0 Å². The van der Waals surface area contributed by atoms with Crippen LogP contribution in [0.4, 0.5) is 0 Å². The number of aryl methyl sites for hydroxylation is 1. The Hall–Kier alpha value is -2.71. The molecule has 186 valence electrons. The lowest BCUT2D eigenvalue weighted by atomic mass is 9.69. The molecule has 1 N–H and O–H groups in total. The number of aromatic nitrogens is 1. The van der Waals surface area contributed by atoms with Gasteiger partial charge in [-0.2, -0.15) is 0 Å². The van der Waals surface area contributed by atoms with Crippen molar-refractivity contribution < 1.29 is 24.6 Å². The van der Waals surface area contributed by atoms with E-state index in [9.17, 15) is 20.0 Å². The molecule has 2 aliphatic carbocycles. The molecule has 0 amide bonds. The molecule has 5 rings (SSSR count). The van der Waals surface area contributed by atoms with Gasteiger partial charge in [0.2, 0.25) is 0 Å². The summed E-state index contributed by atoms with van der Waals surface area (Å²) >= 11 is 6.05. The van der Waals surface area contributed by atoms with Gasteiger partial charge in [0.05, 0.1) is 12.5 Å². The van der Waals surface area contributed by atoms with Gasteiger partial charge in [-0.3, -0.25) is 9.78 Å².